The van der Waals surface area contributed by atoms with Crippen molar-refractivity contribution in [2.45, 2.75) is 23.9 Å². The number of nitrogens with zero attached hydrogens (tertiary/aromatic N) is 1. The molecule has 0 aromatic heterocycles. The molecule has 0 atom stereocenters. The van der Waals surface area contributed by atoms with Gasteiger partial charge in [0.25, 0.3) is 5.91 Å². The molecule has 10 heteroatoms. The predicted molar refractivity (Wildman–Crippen MR) is 98.8 cm³/mol. The van der Waals surface area contributed by atoms with Gasteiger partial charge in [0.15, 0.2) is 0 Å². The highest BCUT2D eigenvalue weighted by atomic mass is 35.5. The van der Waals surface area contributed by atoms with Crippen molar-refractivity contribution in [2.75, 3.05) is 18.4 Å². The number of benzene rings is 2. The summed E-state index contributed by atoms with van der Waals surface area (Å²) in [6.45, 7) is 0.829. The molecule has 28 heavy (non-hydrogen) atoms. The Balaban J connectivity index is 1.84. The zero-order chi connectivity index (χ0) is 20.5. The van der Waals surface area contributed by atoms with Crippen LogP contribution in [0, 0.1) is 0 Å². The van der Waals surface area contributed by atoms with Gasteiger partial charge in [-0.05, 0) is 55.3 Å². The van der Waals surface area contributed by atoms with Gasteiger partial charge in [0.1, 0.15) is 0 Å². The van der Waals surface area contributed by atoms with Gasteiger partial charge < -0.3 is 5.32 Å². The lowest BCUT2D eigenvalue weighted by molar-refractivity contribution is -0.137. The molecule has 1 saturated heterocycles. The molecule has 0 aliphatic carbocycles. The second-order valence-corrected chi connectivity index (χ2v) is 8.63. The Kier molecular flexibility index (Phi) is 5.69. The molecule has 150 valence electrons. The van der Waals surface area contributed by atoms with Gasteiger partial charge in [-0.2, -0.15) is 17.5 Å². The van der Waals surface area contributed by atoms with E-state index in [-0.39, 0.29) is 21.2 Å². The Labute approximate surface area is 165 Å². The number of nitrogens with one attached hydrogen (secondary N) is 1. The zero-order valence-electron chi connectivity index (χ0n) is 14.5. The number of alkyl halides is 3. The number of anilines is 1. The highest BCUT2D eigenvalue weighted by Gasteiger charge is 2.30. The monoisotopic (exact) mass is 432 g/mol. The Morgan fingerprint density at radius 1 is 1.04 bits per heavy atom. The summed E-state index contributed by atoms with van der Waals surface area (Å²) in [7, 11) is -3.74. The fourth-order valence-corrected chi connectivity index (χ4v) is 4.60. The van der Waals surface area contributed by atoms with Gasteiger partial charge in [0.2, 0.25) is 10.0 Å². The Hall–Kier alpha value is -2.10. The minimum Gasteiger partial charge on any atom is -0.322 e. The third-order valence-corrected chi connectivity index (χ3v) is 6.58. The number of carbonyl (C=O) groups excluding carboxylic acids is 1. The molecule has 1 aliphatic heterocycles. The zero-order valence-corrected chi connectivity index (χ0v) is 16.0. The minimum absolute atomic E-state index is 0.0322. The van der Waals surface area contributed by atoms with Gasteiger partial charge >= 0.3 is 6.18 Å². The second kappa shape index (κ2) is 7.73. The fourth-order valence-electron chi connectivity index (χ4n) is 2.86. The number of hydrogen-bond acceptors (Lipinski definition) is 3. The lowest BCUT2D eigenvalue weighted by Crippen LogP contribution is -2.28. The van der Waals surface area contributed by atoms with Crippen LogP contribution in [0.2, 0.25) is 5.02 Å². The normalized spacial score (nSPS) is 15.6. The van der Waals surface area contributed by atoms with Crippen molar-refractivity contribution in [1.29, 1.82) is 0 Å². The fraction of sp³-hybridized carbons (Fsp3) is 0.278. The van der Waals surface area contributed by atoms with Gasteiger partial charge in [0, 0.05) is 18.8 Å². The Bertz CT molecular complexity index is 986. The maximum Gasteiger partial charge on any atom is 0.416 e. The summed E-state index contributed by atoms with van der Waals surface area (Å²) in [4.78, 5) is 12.4. The number of rotatable bonds is 4. The van der Waals surface area contributed by atoms with E-state index in [1.54, 1.807) is 0 Å². The molecular formula is C18H16ClF3N2O3S. The first-order valence-electron chi connectivity index (χ1n) is 8.37. The number of sulfonamides is 1. The van der Waals surface area contributed by atoms with Gasteiger partial charge in [0.05, 0.1) is 21.0 Å². The van der Waals surface area contributed by atoms with Crippen LogP contribution >= 0.6 is 11.6 Å². The Morgan fingerprint density at radius 2 is 1.64 bits per heavy atom. The summed E-state index contributed by atoms with van der Waals surface area (Å²) in [5.41, 5.74) is -0.800. The van der Waals surface area contributed by atoms with Crippen molar-refractivity contribution < 1.29 is 26.4 Å². The average Bonchev–Trinajstić information content (AvgIpc) is 3.17. The molecule has 5 nitrogen and oxygen atoms in total. The van der Waals surface area contributed by atoms with Crippen LogP contribution in [0.3, 0.4) is 0 Å². The molecule has 2 aromatic rings. The van der Waals surface area contributed by atoms with Crippen LogP contribution in [0.1, 0.15) is 28.8 Å². The molecule has 0 radical (unpaired) electrons. The first-order valence-corrected chi connectivity index (χ1v) is 10.2. The van der Waals surface area contributed by atoms with Gasteiger partial charge in [-0.15, -0.1) is 0 Å². The smallest absolute Gasteiger partial charge is 0.322 e. The molecule has 1 aliphatic rings. The first-order chi connectivity index (χ1) is 13.1. The quantitative estimate of drug-likeness (QED) is 0.779. The maximum atomic E-state index is 12.7. The first kappa shape index (κ1) is 20.6. The maximum absolute atomic E-state index is 12.7. The van der Waals surface area contributed by atoms with Crippen molar-refractivity contribution >= 4 is 33.2 Å². The van der Waals surface area contributed by atoms with Crippen molar-refractivity contribution in [2.24, 2.45) is 0 Å². The molecular weight excluding hydrogens is 417 g/mol. The van der Waals surface area contributed by atoms with Crippen LogP contribution in [0.5, 0.6) is 0 Å². The van der Waals surface area contributed by atoms with E-state index in [1.165, 1.54) is 22.5 Å². The van der Waals surface area contributed by atoms with E-state index in [0.29, 0.717) is 13.1 Å². The molecule has 1 amide bonds. The van der Waals surface area contributed by atoms with Crippen LogP contribution in [0.4, 0.5) is 18.9 Å². The summed E-state index contributed by atoms with van der Waals surface area (Å²) < 4.78 is 64.5. The van der Waals surface area contributed by atoms with E-state index < -0.39 is 27.7 Å². The van der Waals surface area contributed by atoms with E-state index in [2.05, 4.69) is 5.32 Å². The van der Waals surface area contributed by atoms with Gasteiger partial charge in [-0.3, -0.25) is 4.79 Å². The van der Waals surface area contributed by atoms with E-state index in [1.807, 2.05) is 0 Å². The van der Waals surface area contributed by atoms with Crippen molar-refractivity contribution in [3.63, 3.8) is 0 Å². The summed E-state index contributed by atoms with van der Waals surface area (Å²) >= 11 is 6.03. The van der Waals surface area contributed by atoms with E-state index in [9.17, 15) is 26.4 Å². The molecule has 3 rings (SSSR count). The van der Waals surface area contributed by atoms with Crippen LogP contribution in [-0.4, -0.2) is 31.7 Å². The number of amides is 1. The summed E-state index contributed by atoms with van der Waals surface area (Å²) in [6, 6.07) is 7.71. The molecule has 0 spiro atoms. The molecule has 0 saturated carbocycles. The highest BCUT2D eigenvalue weighted by Crippen LogP contribution is 2.30. The van der Waals surface area contributed by atoms with Crippen molar-refractivity contribution in [3.05, 3.63) is 58.6 Å². The predicted octanol–water partition coefficient (Wildman–Crippen LogP) is 4.40. The van der Waals surface area contributed by atoms with Crippen LogP contribution in [-0.2, 0) is 16.2 Å². The third kappa shape index (κ3) is 4.31. The number of carbonyl (C=O) groups is 1. The lowest BCUT2D eigenvalue weighted by atomic mass is 10.1. The minimum atomic E-state index is -4.48. The van der Waals surface area contributed by atoms with Gasteiger partial charge in [-0.1, -0.05) is 11.6 Å². The SMILES string of the molecule is O=C(Nc1ccc(C(F)(F)F)cc1)c1cc(S(=O)(=O)N2CCCC2)ccc1Cl. The van der Waals surface area contributed by atoms with Crippen molar-refractivity contribution in [3.8, 4) is 0 Å². The highest BCUT2D eigenvalue weighted by molar-refractivity contribution is 7.89. The van der Waals surface area contributed by atoms with Crippen LogP contribution < -0.4 is 5.32 Å². The molecule has 1 N–H and O–H groups in total. The van der Waals surface area contributed by atoms with Gasteiger partial charge in [-0.25, -0.2) is 8.42 Å². The standard InChI is InChI=1S/C18H16ClF3N2O3S/c19-16-8-7-14(28(26,27)24-9-1-2-10-24)11-15(16)17(25)23-13-5-3-12(4-6-13)18(20,21)22/h3-8,11H,1-2,9-10H2,(H,23,25). The summed E-state index contributed by atoms with van der Waals surface area (Å²) in [5.74, 6) is -0.719. The van der Waals surface area contributed by atoms with E-state index in [0.717, 1.165) is 37.1 Å². The molecule has 1 fully saturated rings. The molecule has 1 heterocycles. The lowest BCUT2D eigenvalue weighted by Gasteiger charge is -2.16. The molecule has 0 unspecified atom stereocenters. The average molecular weight is 433 g/mol. The number of hydrogen-bond donors (Lipinski definition) is 1. The molecule has 0 bridgehead atoms. The van der Waals surface area contributed by atoms with Crippen LogP contribution in [0.15, 0.2) is 47.4 Å². The van der Waals surface area contributed by atoms with Crippen molar-refractivity contribution in [1.82, 2.24) is 4.31 Å². The molecule has 2 aromatic carbocycles. The second-order valence-electron chi connectivity index (χ2n) is 6.28. The van der Waals surface area contributed by atoms with E-state index in [4.69, 9.17) is 11.6 Å². The van der Waals surface area contributed by atoms with Crippen LogP contribution in [0.25, 0.3) is 0 Å². The largest absolute Gasteiger partial charge is 0.416 e. The third-order valence-electron chi connectivity index (χ3n) is 4.36. The number of halogens is 4. The summed E-state index contributed by atoms with van der Waals surface area (Å²) in [6.07, 6.45) is -2.94. The van der Waals surface area contributed by atoms with E-state index >= 15 is 0 Å². The summed E-state index contributed by atoms with van der Waals surface area (Å²) in [5, 5.41) is 2.46. The Morgan fingerprint density at radius 3 is 2.21 bits per heavy atom. The topological polar surface area (TPSA) is 66.5 Å².